The summed E-state index contributed by atoms with van der Waals surface area (Å²) in [5.74, 6) is 2.15. The average Bonchev–Trinajstić information content (AvgIpc) is 3.16. The Morgan fingerprint density at radius 3 is 2.76 bits per heavy atom. The van der Waals surface area contributed by atoms with Gasteiger partial charge in [0.25, 0.3) is 5.91 Å². The summed E-state index contributed by atoms with van der Waals surface area (Å²) in [4.78, 5) is 15.9. The second kappa shape index (κ2) is 8.57. The number of rotatable bonds is 7. The van der Waals surface area contributed by atoms with Gasteiger partial charge in [-0.25, -0.2) is 0 Å². The van der Waals surface area contributed by atoms with Crippen LogP contribution in [0, 0.1) is 11.8 Å². The number of methoxy groups -OCH3 is 2. The van der Waals surface area contributed by atoms with Gasteiger partial charge in [0.05, 0.1) is 30.2 Å². The van der Waals surface area contributed by atoms with Crippen LogP contribution in [0.4, 0.5) is 0 Å². The lowest BCUT2D eigenvalue weighted by molar-refractivity contribution is 0.0752. The van der Waals surface area contributed by atoms with E-state index >= 15 is 0 Å². The largest absolute Gasteiger partial charge is 0.497 e. The van der Waals surface area contributed by atoms with Gasteiger partial charge >= 0.3 is 0 Å². The second-order valence-electron chi connectivity index (χ2n) is 11.5. The summed E-state index contributed by atoms with van der Waals surface area (Å²) in [6, 6.07) is 8.35. The van der Waals surface area contributed by atoms with Crippen LogP contribution in [0.15, 0.2) is 46.2 Å². The van der Waals surface area contributed by atoms with Gasteiger partial charge in [0.1, 0.15) is 5.76 Å². The van der Waals surface area contributed by atoms with Gasteiger partial charge < -0.3 is 19.3 Å². The molecule has 7 atom stereocenters. The van der Waals surface area contributed by atoms with Crippen LogP contribution >= 0.6 is 0 Å². The molecule has 0 radical (unpaired) electrons. The lowest BCUT2D eigenvalue weighted by Crippen LogP contribution is -2.39. The van der Waals surface area contributed by atoms with Gasteiger partial charge in [-0.2, -0.15) is 0 Å². The summed E-state index contributed by atoms with van der Waals surface area (Å²) < 4.78 is 17.8. The highest BCUT2D eigenvalue weighted by molar-refractivity contribution is 5.99. The van der Waals surface area contributed by atoms with Crippen molar-refractivity contribution in [2.24, 2.45) is 11.8 Å². The number of carbonyl (C=O) groups is 1. The number of amides is 1. The Labute approximate surface area is 218 Å². The highest BCUT2D eigenvalue weighted by atomic mass is 16.5. The Kier molecular flexibility index (Phi) is 5.66. The molecule has 0 saturated carbocycles. The lowest BCUT2D eigenvalue weighted by atomic mass is 9.72. The van der Waals surface area contributed by atoms with E-state index in [-0.39, 0.29) is 17.9 Å². The Morgan fingerprint density at radius 2 is 2.08 bits per heavy atom. The number of piperidine rings is 1. The van der Waals surface area contributed by atoms with Crippen molar-refractivity contribution in [3.8, 4) is 11.1 Å². The first kappa shape index (κ1) is 24.4. The van der Waals surface area contributed by atoms with Crippen molar-refractivity contribution in [3.05, 3.63) is 64.3 Å². The number of ether oxygens (including phenoxy) is 2. The predicted molar refractivity (Wildman–Crippen MR) is 141 cm³/mol. The molecule has 7 unspecified atom stereocenters. The number of nitrogens with zero attached hydrogens (tertiary/aromatic N) is 2. The average molecular weight is 504 g/mol. The molecule has 1 aliphatic carbocycles. The topological polar surface area (TPSA) is 76.6 Å². The van der Waals surface area contributed by atoms with E-state index in [2.05, 4.69) is 67.3 Å². The van der Waals surface area contributed by atoms with Crippen LogP contribution < -0.4 is 5.32 Å². The minimum absolute atomic E-state index is 0.232. The molecule has 1 amide bonds. The molecule has 1 aromatic carbocycles. The van der Waals surface area contributed by atoms with E-state index in [4.69, 9.17) is 14.0 Å². The maximum Gasteiger partial charge on any atom is 0.274 e. The Hall–Kier alpha value is -2.90. The van der Waals surface area contributed by atoms with Crippen molar-refractivity contribution < 1.29 is 18.8 Å². The second-order valence-corrected chi connectivity index (χ2v) is 11.5. The van der Waals surface area contributed by atoms with Crippen LogP contribution in [0.2, 0.25) is 0 Å². The summed E-state index contributed by atoms with van der Waals surface area (Å²) >= 11 is 0. The van der Waals surface area contributed by atoms with Crippen molar-refractivity contribution in [1.29, 1.82) is 0 Å². The molecule has 7 heteroatoms. The molecule has 4 aliphatic rings. The first-order valence-corrected chi connectivity index (χ1v) is 13.5. The van der Waals surface area contributed by atoms with E-state index in [0.717, 1.165) is 22.5 Å². The van der Waals surface area contributed by atoms with Crippen molar-refractivity contribution in [3.63, 3.8) is 0 Å². The van der Waals surface area contributed by atoms with Crippen molar-refractivity contribution in [1.82, 2.24) is 15.4 Å². The number of allylic oxidation sites excluding steroid dienone is 1. The van der Waals surface area contributed by atoms with Crippen LogP contribution in [-0.4, -0.2) is 48.9 Å². The Balaban J connectivity index is 1.52. The molecule has 1 aromatic heterocycles. The van der Waals surface area contributed by atoms with E-state index < -0.39 is 5.41 Å². The number of aromatic nitrogens is 1. The first-order chi connectivity index (χ1) is 17.7. The van der Waals surface area contributed by atoms with E-state index in [1.807, 2.05) is 13.0 Å². The minimum atomic E-state index is -0.693. The maximum atomic E-state index is 13.2. The van der Waals surface area contributed by atoms with E-state index in [0.29, 0.717) is 42.0 Å². The quantitative estimate of drug-likeness (QED) is 0.516. The molecule has 0 bridgehead atoms. The zero-order chi connectivity index (χ0) is 26.2. The fourth-order valence-electron chi connectivity index (χ4n) is 7.16. The maximum absolute atomic E-state index is 13.2. The van der Waals surface area contributed by atoms with Gasteiger partial charge in [-0.15, -0.1) is 0 Å². The molecule has 7 nitrogen and oxygen atoms in total. The molecule has 1 N–H and O–H groups in total. The molecule has 6 rings (SSSR count). The molecule has 0 spiro atoms. The predicted octanol–water partition coefficient (Wildman–Crippen LogP) is 5.31. The molecule has 196 valence electrons. The SMILES string of the molecule is CCNC(=O)c1noc(C2(C)C=C(C(C)C)C(OC)=CC2OC)c1-c1ccc2c(c1)C1C3C(C)CC2N13. The molecule has 2 saturated heterocycles. The van der Waals surface area contributed by atoms with Crippen molar-refractivity contribution in [2.45, 2.75) is 70.7 Å². The van der Waals surface area contributed by atoms with Crippen LogP contribution in [0.3, 0.4) is 0 Å². The van der Waals surface area contributed by atoms with Crippen molar-refractivity contribution >= 4 is 5.91 Å². The van der Waals surface area contributed by atoms with Gasteiger partial charge in [0.2, 0.25) is 0 Å². The zero-order valence-electron chi connectivity index (χ0n) is 22.8. The number of carbonyl (C=O) groups excluding carboxylic acids is 1. The number of fused-ring (bicyclic) bond motifs is 4. The van der Waals surface area contributed by atoms with Gasteiger partial charge in [-0.3, -0.25) is 9.69 Å². The van der Waals surface area contributed by atoms with Crippen molar-refractivity contribution in [2.75, 3.05) is 20.8 Å². The minimum Gasteiger partial charge on any atom is -0.497 e. The summed E-state index contributed by atoms with van der Waals surface area (Å²) in [6.45, 7) is 11.2. The van der Waals surface area contributed by atoms with Crippen LogP contribution in [0.5, 0.6) is 0 Å². The third kappa shape index (κ3) is 3.40. The third-order valence-electron chi connectivity index (χ3n) is 8.95. The van der Waals surface area contributed by atoms with Gasteiger partial charge in [-0.1, -0.05) is 44.1 Å². The number of hydrogen-bond donors (Lipinski definition) is 1. The standard InChI is InChI=1S/C30H37N3O4/c1-8-31-29(34)25-24(17-9-10-18-19(12-17)27-26-16(4)11-21(18)33(26)27)28(37-32-25)30(5)14-20(15(2)3)22(35-6)13-23(30)36-7/h9-10,12-16,21,23,26-27H,8,11H2,1-7H3,(H,31,34). The summed E-state index contributed by atoms with van der Waals surface area (Å²) in [5, 5.41) is 7.27. The molecule has 2 aromatic rings. The van der Waals surface area contributed by atoms with Crippen LogP contribution in [0.25, 0.3) is 11.1 Å². The zero-order valence-corrected chi connectivity index (χ0v) is 22.8. The van der Waals surface area contributed by atoms with E-state index in [1.165, 1.54) is 17.5 Å². The molecule has 37 heavy (non-hydrogen) atoms. The highest BCUT2D eigenvalue weighted by Gasteiger charge is 2.65. The molecular weight excluding hydrogens is 466 g/mol. The fourth-order valence-corrected chi connectivity index (χ4v) is 7.16. The van der Waals surface area contributed by atoms with Gasteiger partial charge in [0, 0.05) is 25.7 Å². The van der Waals surface area contributed by atoms with E-state index in [1.54, 1.807) is 14.2 Å². The molecular formula is C30H37N3O4. The Bertz CT molecular complexity index is 1320. The van der Waals surface area contributed by atoms with Gasteiger partial charge in [-0.05, 0) is 66.5 Å². The normalized spacial score (nSPS) is 33.1. The monoisotopic (exact) mass is 503 g/mol. The summed E-state index contributed by atoms with van der Waals surface area (Å²) in [7, 11) is 3.37. The summed E-state index contributed by atoms with van der Waals surface area (Å²) in [6.07, 6.45) is 5.05. The Morgan fingerprint density at radius 1 is 1.30 bits per heavy atom. The molecule has 3 aliphatic heterocycles. The third-order valence-corrected chi connectivity index (χ3v) is 8.95. The lowest BCUT2D eigenvalue weighted by Gasteiger charge is -2.36. The number of hydrogen-bond acceptors (Lipinski definition) is 6. The fraction of sp³-hybridized carbons (Fsp3) is 0.533. The number of benzene rings is 1. The van der Waals surface area contributed by atoms with Crippen LogP contribution in [-0.2, 0) is 14.9 Å². The van der Waals surface area contributed by atoms with E-state index in [9.17, 15) is 4.79 Å². The first-order valence-electron chi connectivity index (χ1n) is 13.5. The molecule has 2 fully saturated rings. The van der Waals surface area contributed by atoms with Crippen LogP contribution in [0.1, 0.15) is 80.5 Å². The highest BCUT2D eigenvalue weighted by Crippen LogP contribution is 2.67. The smallest absolute Gasteiger partial charge is 0.274 e. The molecule has 4 heterocycles. The number of nitrogens with one attached hydrogen (secondary N) is 1. The van der Waals surface area contributed by atoms with Gasteiger partial charge in [0.15, 0.2) is 11.5 Å². The summed E-state index contributed by atoms with van der Waals surface area (Å²) in [5.41, 5.74) is 5.23.